The standard InChI is InChI=1S/C14H17NO5/c1-4-7-20-12-8-10(19-3)5-6-11(12)13(16)15-9(2)14(17)18/h4-6,8-9H,1,7H2,2-3H3,(H,15,16)(H,17,18)/t9-/m0/s1. The molecule has 0 saturated carbocycles. The van der Waals surface area contributed by atoms with Gasteiger partial charge in [-0.1, -0.05) is 12.7 Å². The summed E-state index contributed by atoms with van der Waals surface area (Å²) < 4.78 is 10.4. The number of carbonyl (C=O) groups is 2. The molecule has 0 aliphatic rings. The summed E-state index contributed by atoms with van der Waals surface area (Å²) in [6.45, 7) is 5.14. The normalized spacial score (nSPS) is 11.3. The van der Waals surface area contributed by atoms with Gasteiger partial charge in [-0.3, -0.25) is 9.59 Å². The first-order chi connectivity index (χ1) is 9.49. The Kier molecular flexibility index (Phi) is 5.58. The minimum Gasteiger partial charge on any atom is -0.497 e. The fourth-order valence-electron chi connectivity index (χ4n) is 1.42. The lowest BCUT2D eigenvalue weighted by Crippen LogP contribution is -2.38. The van der Waals surface area contributed by atoms with Gasteiger partial charge in [0.2, 0.25) is 0 Å². The van der Waals surface area contributed by atoms with Crippen LogP contribution in [-0.4, -0.2) is 36.7 Å². The zero-order valence-corrected chi connectivity index (χ0v) is 11.4. The van der Waals surface area contributed by atoms with Crippen LogP contribution in [0.4, 0.5) is 0 Å². The molecule has 0 unspecified atom stereocenters. The van der Waals surface area contributed by atoms with Crippen LogP contribution in [0, 0.1) is 0 Å². The molecular weight excluding hydrogens is 262 g/mol. The number of carboxylic acids is 1. The van der Waals surface area contributed by atoms with E-state index in [-0.39, 0.29) is 12.2 Å². The maximum absolute atomic E-state index is 12.0. The van der Waals surface area contributed by atoms with E-state index in [4.69, 9.17) is 14.6 Å². The highest BCUT2D eigenvalue weighted by molar-refractivity contribution is 5.99. The van der Waals surface area contributed by atoms with Gasteiger partial charge in [0.25, 0.3) is 5.91 Å². The van der Waals surface area contributed by atoms with E-state index in [0.29, 0.717) is 11.5 Å². The van der Waals surface area contributed by atoms with Crippen molar-refractivity contribution in [1.82, 2.24) is 5.32 Å². The predicted molar refractivity (Wildman–Crippen MR) is 73.3 cm³/mol. The largest absolute Gasteiger partial charge is 0.497 e. The Morgan fingerprint density at radius 3 is 2.75 bits per heavy atom. The van der Waals surface area contributed by atoms with Crippen molar-refractivity contribution >= 4 is 11.9 Å². The molecule has 0 fully saturated rings. The molecule has 0 saturated heterocycles. The summed E-state index contributed by atoms with van der Waals surface area (Å²) in [5, 5.41) is 11.2. The molecule has 1 aromatic carbocycles. The molecule has 0 bridgehead atoms. The number of aliphatic carboxylic acids is 1. The fraction of sp³-hybridized carbons (Fsp3) is 0.286. The summed E-state index contributed by atoms with van der Waals surface area (Å²) in [5.74, 6) is -0.798. The van der Waals surface area contributed by atoms with Gasteiger partial charge in [0, 0.05) is 6.07 Å². The second-order valence-electron chi connectivity index (χ2n) is 4.00. The van der Waals surface area contributed by atoms with E-state index in [9.17, 15) is 9.59 Å². The molecule has 6 nitrogen and oxygen atoms in total. The Hall–Kier alpha value is -2.50. The lowest BCUT2D eigenvalue weighted by atomic mass is 10.1. The molecule has 0 radical (unpaired) electrons. The van der Waals surface area contributed by atoms with Gasteiger partial charge in [-0.05, 0) is 19.1 Å². The molecule has 0 aromatic heterocycles. The van der Waals surface area contributed by atoms with Gasteiger partial charge in [-0.2, -0.15) is 0 Å². The molecule has 1 amide bonds. The Morgan fingerprint density at radius 2 is 2.20 bits per heavy atom. The van der Waals surface area contributed by atoms with Crippen molar-refractivity contribution in [1.29, 1.82) is 0 Å². The molecular formula is C14H17NO5. The molecule has 1 atom stereocenters. The summed E-state index contributed by atoms with van der Waals surface area (Å²) in [7, 11) is 1.50. The third-order valence-corrected chi connectivity index (χ3v) is 2.51. The first-order valence-electron chi connectivity index (χ1n) is 5.95. The Bertz CT molecular complexity index is 512. The van der Waals surface area contributed by atoms with Crippen LogP contribution >= 0.6 is 0 Å². The average Bonchev–Trinajstić information content (AvgIpc) is 2.44. The van der Waals surface area contributed by atoms with Crippen LogP contribution in [0.1, 0.15) is 17.3 Å². The van der Waals surface area contributed by atoms with Crippen LogP contribution in [0.5, 0.6) is 11.5 Å². The minimum absolute atomic E-state index is 0.224. The highest BCUT2D eigenvalue weighted by Gasteiger charge is 2.19. The van der Waals surface area contributed by atoms with Crippen molar-refractivity contribution in [2.75, 3.05) is 13.7 Å². The number of rotatable bonds is 7. The van der Waals surface area contributed by atoms with Crippen LogP contribution in [-0.2, 0) is 4.79 Å². The first-order valence-corrected chi connectivity index (χ1v) is 5.95. The fourth-order valence-corrected chi connectivity index (χ4v) is 1.42. The smallest absolute Gasteiger partial charge is 0.325 e. The van der Waals surface area contributed by atoms with E-state index < -0.39 is 17.9 Å². The highest BCUT2D eigenvalue weighted by Crippen LogP contribution is 2.25. The number of amides is 1. The van der Waals surface area contributed by atoms with E-state index in [1.807, 2.05) is 0 Å². The summed E-state index contributed by atoms with van der Waals surface area (Å²) in [5.41, 5.74) is 0.237. The number of methoxy groups -OCH3 is 1. The van der Waals surface area contributed by atoms with Crippen molar-refractivity contribution in [3.63, 3.8) is 0 Å². The quantitative estimate of drug-likeness (QED) is 0.738. The Balaban J connectivity index is 2.99. The maximum Gasteiger partial charge on any atom is 0.325 e. The number of carbonyl (C=O) groups excluding carboxylic acids is 1. The zero-order chi connectivity index (χ0) is 15.1. The van der Waals surface area contributed by atoms with E-state index in [0.717, 1.165) is 0 Å². The van der Waals surface area contributed by atoms with Crippen molar-refractivity contribution in [3.8, 4) is 11.5 Å². The second-order valence-corrected chi connectivity index (χ2v) is 4.00. The van der Waals surface area contributed by atoms with E-state index >= 15 is 0 Å². The Morgan fingerprint density at radius 1 is 1.50 bits per heavy atom. The molecule has 20 heavy (non-hydrogen) atoms. The SMILES string of the molecule is C=CCOc1cc(OC)ccc1C(=O)N[C@@H](C)C(=O)O. The number of benzene rings is 1. The van der Waals surface area contributed by atoms with E-state index in [1.54, 1.807) is 18.2 Å². The van der Waals surface area contributed by atoms with Gasteiger partial charge in [0.15, 0.2) is 0 Å². The number of hydrogen-bond acceptors (Lipinski definition) is 4. The molecule has 0 aliphatic carbocycles. The minimum atomic E-state index is -1.11. The zero-order valence-electron chi connectivity index (χ0n) is 11.4. The van der Waals surface area contributed by atoms with E-state index in [1.165, 1.54) is 20.1 Å². The van der Waals surface area contributed by atoms with Gasteiger partial charge in [-0.25, -0.2) is 0 Å². The van der Waals surface area contributed by atoms with Crippen molar-refractivity contribution < 1.29 is 24.2 Å². The van der Waals surface area contributed by atoms with Crippen molar-refractivity contribution in [2.45, 2.75) is 13.0 Å². The third kappa shape index (κ3) is 4.01. The second kappa shape index (κ2) is 7.18. The van der Waals surface area contributed by atoms with Crippen LogP contribution in [0.3, 0.4) is 0 Å². The lowest BCUT2D eigenvalue weighted by molar-refractivity contribution is -0.138. The van der Waals surface area contributed by atoms with Gasteiger partial charge < -0.3 is 19.9 Å². The molecule has 0 spiro atoms. The Labute approximate surface area is 117 Å². The number of ether oxygens (including phenoxy) is 2. The van der Waals surface area contributed by atoms with Gasteiger partial charge in [0.05, 0.1) is 12.7 Å². The molecule has 0 aliphatic heterocycles. The van der Waals surface area contributed by atoms with Gasteiger partial charge in [0.1, 0.15) is 24.1 Å². The molecule has 2 N–H and O–H groups in total. The summed E-state index contributed by atoms with van der Waals surface area (Å²) in [4.78, 5) is 22.8. The molecule has 108 valence electrons. The first kappa shape index (κ1) is 15.6. The van der Waals surface area contributed by atoms with Crippen LogP contribution in [0.15, 0.2) is 30.9 Å². The topological polar surface area (TPSA) is 84.9 Å². The molecule has 6 heteroatoms. The maximum atomic E-state index is 12.0. The third-order valence-electron chi connectivity index (χ3n) is 2.51. The highest BCUT2D eigenvalue weighted by atomic mass is 16.5. The lowest BCUT2D eigenvalue weighted by Gasteiger charge is -2.13. The monoisotopic (exact) mass is 279 g/mol. The van der Waals surface area contributed by atoms with Gasteiger partial charge in [-0.15, -0.1) is 0 Å². The molecule has 1 aromatic rings. The number of carboxylic acid groups (broad SMARTS) is 1. The number of hydrogen-bond donors (Lipinski definition) is 2. The summed E-state index contributed by atoms with van der Waals surface area (Å²) in [6, 6.07) is 3.68. The number of nitrogens with one attached hydrogen (secondary N) is 1. The summed E-state index contributed by atoms with van der Waals surface area (Å²) >= 11 is 0. The van der Waals surface area contributed by atoms with Gasteiger partial charge >= 0.3 is 5.97 Å². The van der Waals surface area contributed by atoms with Crippen LogP contribution < -0.4 is 14.8 Å². The predicted octanol–water partition coefficient (Wildman–Crippen LogP) is 1.46. The van der Waals surface area contributed by atoms with Crippen LogP contribution in [0.25, 0.3) is 0 Å². The summed E-state index contributed by atoms with van der Waals surface area (Å²) in [6.07, 6.45) is 1.54. The molecule has 1 rings (SSSR count). The molecule has 0 heterocycles. The van der Waals surface area contributed by atoms with E-state index in [2.05, 4.69) is 11.9 Å². The van der Waals surface area contributed by atoms with Crippen LogP contribution in [0.2, 0.25) is 0 Å². The van der Waals surface area contributed by atoms with Crippen molar-refractivity contribution in [3.05, 3.63) is 36.4 Å². The van der Waals surface area contributed by atoms with Crippen molar-refractivity contribution in [2.24, 2.45) is 0 Å². The average molecular weight is 279 g/mol.